The zero-order valence-electron chi connectivity index (χ0n) is 23.4. The van der Waals surface area contributed by atoms with Crippen LogP contribution in [-0.4, -0.2) is 71.1 Å². The van der Waals surface area contributed by atoms with Gasteiger partial charge in [0.1, 0.15) is 28.9 Å². The van der Waals surface area contributed by atoms with Crippen molar-refractivity contribution in [2.45, 2.75) is 32.0 Å². The molecular formula is C29H31N5O8. The van der Waals surface area contributed by atoms with E-state index < -0.39 is 35.2 Å². The molecule has 0 saturated carbocycles. The highest BCUT2D eigenvalue weighted by molar-refractivity contribution is 5.95. The largest absolute Gasteiger partial charge is 0.496 e. The van der Waals surface area contributed by atoms with Crippen LogP contribution in [0.1, 0.15) is 38.3 Å². The van der Waals surface area contributed by atoms with Crippen molar-refractivity contribution in [2.75, 3.05) is 26.8 Å². The lowest BCUT2D eigenvalue weighted by Gasteiger charge is -2.38. The molecule has 220 valence electrons. The zero-order valence-corrected chi connectivity index (χ0v) is 23.4. The van der Waals surface area contributed by atoms with E-state index in [0.29, 0.717) is 29.2 Å². The average molecular weight is 578 g/mol. The summed E-state index contributed by atoms with van der Waals surface area (Å²) in [5.41, 5.74) is 0.165. The summed E-state index contributed by atoms with van der Waals surface area (Å²) in [6.45, 7) is 2.04. The summed E-state index contributed by atoms with van der Waals surface area (Å²) in [6.07, 6.45) is 1.000. The molecule has 13 nitrogen and oxygen atoms in total. The third-order valence-electron chi connectivity index (χ3n) is 7.32. The van der Waals surface area contributed by atoms with Gasteiger partial charge in [-0.1, -0.05) is 6.07 Å². The van der Waals surface area contributed by atoms with Crippen LogP contribution >= 0.6 is 0 Å². The third kappa shape index (κ3) is 5.99. The highest BCUT2D eigenvalue weighted by Gasteiger charge is 2.35. The molecule has 0 radical (unpaired) electrons. The highest BCUT2D eigenvalue weighted by atomic mass is 16.5. The smallest absolute Gasteiger partial charge is 0.328 e. The number of methoxy groups -OCH3 is 1. The fourth-order valence-corrected chi connectivity index (χ4v) is 4.94. The van der Waals surface area contributed by atoms with Gasteiger partial charge in [-0.25, -0.2) is 4.79 Å². The van der Waals surface area contributed by atoms with Crippen molar-refractivity contribution in [3.8, 4) is 17.2 Å². The van der Waals surface area contributed by atoms with Crippen molar-refractivity contribution in [1.82, 2.24) is 25.1 Å². The minimum atomic E-state index is -0.785. The molecule has 3 aliphatic heterocycles. The van der Waals surface area contributed by atoms with Crippen LogP contribution in [0.3, 0.4) is 0 Å². The van der Waals surface area contributed by atoms with Crippen molar-refractivity contribution in [2.24, 2.45) is 7.05 Å². The Balaban J connectivity index is 1.48. The number of nitrogens with zero attached hydrogens (tertiary/aromatic N) is 2. The molecule has 6 rings (SSSR count). The molecule has 2 aromatic carbocycles. The van der Waals surface area contributed by atoms with Gasteiger partial charge in [0.15, 0.2) is 6.61 Å². The summed E-state index contributed by atoms with van der Waals surface area (Å²) in [7, 11) is 2.95. The summed E-state index contributed by atoms with van der Waals surface area (Å²) >= 11 is 0. The fraction of sp³-hybridized carbons (Fsp3) is 0.345. The molecule has 4 heterocycles. The Morgan fingerprint density at radius 3 is 2.69 bits per heavy atom. The van der Waals surface area contributed by atoms with Gasteiger partial charge in [-0.3, -0.25) is 24.2 Å². The first-order valence-corrected chi connectivity index (χ1v) is 13.4. The summed E-state index contributed by atoms with van der Waals surface area (Å²) in [5, 5.41) is 5.78. The van der Waals surface area contributed by atoms with Crippen LogP contribution in [0.15, 0.2) is 52.2 Å². The second-order valence-electron chi connectivity index (χ2n) is 10.2. The van der Waals surface area contributed by atoms with E-state index in [0.717, 1.165) is 15.7 Å². The molecule has 3 amide bonds. The number of benzene rings is 2. The number of rotatable bonds is 2. The molecule has 0 spiro atoms. The number of hydrogen-bond donors (Lipinski definition) is 3. The summed E-state index contributed by atoms with van der Waals surface area (Å²) in [6, 6.07) is 9.46. The quantitative estimate of drug-likeness (QED) is 0.397. The maximum atomic E-state index is 13.4. The van der Waals surface area contributed by atoms with Crippen LogP contribution in [0.2, 0.25) is 0 Å². The first-order chi connectivity index (χ1) is 20.1. The van der Waals surface area contributed by atoms with E-state index in [1.54, 1.807) is 43.3 Å². The van der Waals surface area contributed by atoms with Gasteiger partial charge in [-0.2, -0.15) is 0 Å². The van der Waals surface area contributed by atoms with Crippen molar-refractivity contribution in [3.63, 3.8) is 0 Å². The Labute approximate surface area is 240 Å². The second kappa shape index (κ2) is 11.8. The minimum Gasteiger partial charge on any atom is -0.496 e. The maximum absolute atomic E-state index is 13.4. The first kappa shape index (κ1) is 28.5. The predicted molar refractivity (Wildman–Crippen MR) is 150 cm³/mol. The standard InChI is InChI=1S/C29H31N5O8/c1-16-4-5-17-10-23(16)41-15-25(35)30-12-18-6-7-19(11-24(18)40-3)42-22-8-9-34(14-21(22)31-26(17)36)28(38)20-13-33(2)29(39)32-27(20)37/h4-7,10-11,13,21-22H,8-9,12,14-15H2,1-3H3,(H,30,35)(H,31,36)(H,32,37,39)/t21-,22+/m0/s1. The molecule has 3 aromatic rings. The number of nitrogens with one attached hydrogen (secondary N) is 3. The van der Waals surface area contributed by atoms with E-state index in [9.17, 15) is 24.0 Å². The molecular weight excluding hydrogens is 546 g/mol. The van der Waals surface area contributed by atoms with Gasteiger partial charge in [-0.05, 0) is 36.8 Å². The number of hydrogen-bond acceptors (Lipinski definition) is 8. The van der Waals surface area contributed by atoms with Crippen molar-refractivity contribution in [1.29, 1.82) is 0 Å². The molecule has 3 N–H and O–H groups in total. The number of carbonyl (C=O) groups excluding carboxylic acids is 3. The van der Waals surface area contributed by atoms with Crippen LogP contribution < -0.4 is 36.1 Å². The number of amides is 3. The number of H-pyrrole nitrogens is 1. The van der Waals surface area contributed by atoms with Gasteiger partial charge in [0.25, 0.3) is 23.3 Å². The van der Waals surface area contributed by atoms with E-state index in [4.69, 9.17) is 14.2 Å². The van der Waals surface area contributed by atoms with Gasteiger partial charge in [-0.15, -0.1) is 0 Å². The normalized spacial score (nSPS) is 19.0. The molecule has 4 bridgehead atoms. The number of piperidine rings is 1. The topological polar surface area (TPSA) is 161 Å². The zero-order chi connectivity index (χ0) is 30.0. The van der Waals surface area contributed by atoms with Gasteiger partial charge in [0.05, 0.1) is 13.2 Å². The second-order valence-corrected chi connectivity index (χ2v) is 10.2. The van der Waals surface area contributed by atoms with Crippen molar-refractivity contribution < 1.29 is 28.6 Å². The molecule has 1 fully saturated rings. The highest BCUT2D eigenvalue weighted by Crippen LogP contribution is 2.28. The fourth-order valence-electron chi connectivity index (χ4n) is 4.94. The molecule has 0 unspecified atom stereocenters. The summed E-state index contributed by atoms with van der Waals surface area (Å²) in [5.74, 6) is 0.00905. The average Bonchev–Trinajstić information content (AvgIpc) is 2.97. The van der Waals surface area contributed by atoms with Crippen molar-refractivity contribution >= 4 is 17.7 Å². The Bertz CT molecular complexity index is 1660. The number of carbonyl (C=O) groups is 3. The van der Waals surface area contributed by atoms with Crippen LogP contribution in [0.5, 0.6) is 17.2 Å². The Morgan fingerprint density at radius 2 is 1.90 bits per heavy atom. The van der Waals surface area contributed by atoms with Gasteiger partial charge in [0, 0.05) is 56.5 Å². The molecule has 42 heavy (non-hydrogen) atoms. The van der Waals surface area contributed by atoms with Crippen molar-refractivity contribution in [3.05, 3.63) is 85.7 Å². The Hall–Kier alpha value is -5.07. The van der Waals surface area contributed by atoms with Crippen LogP contribution in [0.25, 0.3) is 0 Å². The molecule has 3 aliphatic rings. The van der Waals surface area contributed by atoms with E-state index in [1.165, 1.54) is 25.3 Å². The third-order valence-corrected chi connectivity index (χ3v) is 7.32. The Kier molecular flexibility index (Phi) is 8.00. The lowest BCUT2D eigenvalue weighted by molar-refractivity contribution is -0.123. The molecule has 1 aromatic heterocycles. The predicted octanol–water partition coefficient (Wildman–Crippen LogP) is 0.491. The Morgan fingerprint density at radius 1 is 1.10 bits per heavy atom. The SMILES string of the molecule is COc1cc2ccc1CNC(=O)COc1cc(ccc1C)C(=O)N[C@H]1CN(C(=O)c3cn(C)c(=O)[nH]c3=O)CC[C@H]1O2. The lowest BCUT2D eigenvalue weighted by atomic mass is 10.00. The van der Waals surface area contributed by atoms with E-state index in [2.05, 4.69) is 15.6 Å². The van der Waals surface area contributed by atoms with Gasteiger partial charge < -0.3 is 34.3 Å². The molecule has 1 saturated heterocycles. The van der Waals surface area contributed by atoms with Gasteiger partial charge >= 0.3 is 5.69 Å². The number of ether oxygens (including phenoxy) is 3. The number of aryl methyl sites for hydroxylation is 2. The lowest BCUT2D eigenvalue weighted by Crippen LogP contribution is -2.58. The van der Waals surface area contributed by atoms with E-state index >= 15 is 0 Å². The van der Waals surface area contributed by atoms with Crippen LogP contribution in [0.4, 0.5) is 0 Å². The summed E-state index contributed by atoms with van der Waals surface area (Å²) < 4.78 is 18.7. The molecule has 2 atom stereocenters. The first-order valence-electron chi connectivity index (χ1n) is 13.4. The van der Waals surface area contributed by atoms with E-state index in [1.807, 2.05) is 0 Å². The monoisotopic (exact) mass is 577 g/mol. The van der Waals surface area contributed by atoms with Gasteiger partial charge in [0.2, 0.25) is 0 Å². The van der Waals surface area contributed by atoms with E-state index in [-0.39, 0.29) is 37.7 Å². The summed E-state index contributed by atoms with van der Waals surface area (Å²) in [4.78, 5) is 67.1. The number of aromatic nitrogens is 2. The van der Waals surface area contributed by atoms with Crippen LogP contribution in [-0.2, 0) is 18.4 Å². The maximum Gasteiger partial charge on any atom is 0.328 e. The number of likely N-dealkylation sites (tertiary alicyclic amines) is 1. The molecule has 13 heteroatoms. The number of aromatic amines is 1. The van der Waals surface area contributed by atoms with Crippen LogP contribution in [0, 0.1) is 6.92 Å². The molecule has 0 aliphatic carbocycles. The number of fused-ring (bicyclic) bond motifs is 7. The minimum absolute atomic E-state index is 0.0420.